The van der Waals surface area contributed by atoms with Crippen LogP contribution in [0.4, 0.5) is 11.4 Å². The third-order valence-corrected chi connectivity index (χ3v) is 3.31. The summed E-state index contributed by atoms with van der Waals surface area (Å²) in [5.41, 5.74) is 0.486. The maximum Gasteiger partial charge on any atom is 0.273 e. The number of rotatable bonds is 6. The molecule has 8 nitrogen and oxygen atoms in total. The standard InChI is InChI=1S/C13H14ClN5O3S/c1-22-12-6-10(19(20)21)2-3-11(12)17-13(23)15-4-5-18-8-9(14)7-16-18/h2-3,6-8H,4-5H2,1H3,(H2,15,17,23). The fourth-order valence-corrected chi connectivity index (χ4v) is 2.18. The molecule has 0 spiro atoms. The maximum atomic E-state index is 10.8. The van der Waals surface area contributed by atoms with Crippen LogP contribution in [0.2, 0.25) is 5.02 Å². The summed E-state index contributed by atoms with van der Waals surface area (Å²) in [6, 6.07) is 4.24. The first-order valence-electron chi connectivity index (χ1n) is 6.55. The van der Waals surface area contributed by atoms with Crippen LogP contribution >= 0.6 is 23.8 Å². The van der Waals surface area contributed by atoms with Gasteiger partial charge in [0.15, 0.2) is 5.11 Å². The van der Waals surface area contributed by atoms with Gasteiger partial charge in [0.2, 0.25) is 0 Å². The molecular weight excluding hydrogens is 342 g/mol. The summed E-state index contributed by atoms with van der Waals surface area (Å²) in [6.45, 7) is 1.13. The molecule has 0 atom stereocenters. The first kappa shape index (κ1) is 17.0. The van der Waals surface area contributed by atoms with E-state index >= 15 is 0 Å². The van der Waals surface area contributed by atoms with Crippen molar-refractivity contribution in [2.24, 2.45) is 0 Å². The summed E-state index contributed by atoms with van der Waals surface area (Å²) in [4.78, 5) is 10.3. The third kappa shape index (κ3) is 4.80. The number of hydrogen-bond donors (Lipinski definition) is 2. The first-order valence-corrected chi connectivity index (χ1v) is 7.33. The molecule has 0 saturated carbocycles. The predicted octanol–water partition coefficient (Wildman–Crippen LogP) is 2.44. The van der Waals surface area contributed by atoms with Crippen LogP contribution in [-0.4, -0.2) is 33.5 Å². The number of nitro groups is 1. The number of non-ortho nitro benzene ring substituents is 1. The van der Waals surface area contributed by atoms with Gasteiger partial charge in [0.25, 0.3) is 5.69 Å². The number of aromatic nitrogens is 2. The van der Waals surface area contributed by atoms with Gasteiger partial charge in [-0.2, -0.15) is 5.10 Å². The van der Waals surface area contributed by atoms with Crippen molar-refractivity contribution in [2.75, 3.05) is 19.0 Å². The summed E-state index contributed by atoms with van der Waals surface area (Å²) in [7, 11) is 1.43. The number of ether oxygens (including phenoxy) is 1. The van der Waals surface area contributed by atoms with Crippen LogP contribution in [0.5, 0.6) is 5.75 Å². The third-order valence-electron chi connectivity index (χ3n) is 2.87. The maximum absolute atomic E-state index is 10.8. The predicted molar refractivity (Wildman–Crippen MR) is 91.1 cm³/mol. The molecule has 1 aromatic heterocycles. The normalized spacial score (nSPS) is 10.2. The number of methoxy groups -OCH3 is 1. The molecule has 2 rings (SSSR count). The Hall–Kier alpha value is -2.39. The zero-order valence-corrected chi connectivity index (χ0v) is 13.7. The summed E-state index contributed by atoms with van der Waals surface area (Å²) >= 11 is 11.0. The van der Waals surface area contributed by atoms with Gasteiger partial charge in [-0.05, 0) is 18.3 Å². The van der Waals surface area contributed by atoms with E-state index in [4.69, 9.17) is 28.6 Å². The van der Waals surface area contributed by atoms with E-state index in [2.05, 4.69) is 15.7 Å². The van der Waals surface area contributed by atoms with E-state index in [1.54, 1.807) is 17.1 Å². The lowest BCUT2D eigenvalue weighted by molar-refractivity contribution is -0.384. The monoisotopic (exact) mass is 355 g/mol. The second-order valence-corrected chi connectivity index (χ2v) is 5.29. The van der Waals surface area contributed by atoms with Crippen molar-refractivity contribution in [3.63, 3.8) is 0 Å². The van der Waals surface area contributed by atoms with Gasteiger partial charge in [0.05, 0.1) is 41.6 Å². The second kappa shape index (κ2) is 7.75. The molecule has 1 heterocycles. The van der Waals surface area contributed by atoms with Gasteiger partial charge in [-0.3, -0.25) is 14.8 Å². The minimum Gasteiger partial charge on any atom is -0.494 e. The molecule has 0 amide bonds. The van der Waals surface area contributed by atoms with E-state index in [-0.39, 0.29) is 5.69 Å². The smallest absolute Gasteiger partial charge is 0.273 e. The van der Waals surface area contributed by atoms with Crippen molar-refractivity contribution in [1.82, 2.24) is 15.1 Å². The minimum atomic E-state index is -0.488. The van der Waals surface area contributed by atoms with Gasteiger partial charge in [-0.1, -0.05) is 11.6 Å². The number of nitrogens with zero attached hydrogens (tertiary/aromatic N) is 3. The van der Waals surface area contributed by atoms with E-state index in [0.717, 1.165) is 0 Å². The van der Waals surface area contributed by atoms with Crippen molar-refractivity contribution in [2.45, 2.75) is 6.54 Å². The van der Waals surface area contributed by atoms with Gasteiger partial charge in [-0.25, -0.2) is 0 Å². The average molecular weight is 356 g/mol. The van der Waals surface area contributed by atoms with Crippen LogP contribution in [-0.2, 0) is 6.54 Å². The van der Waals surface area contributed by atoms with Crippen LogP contribution in [0, 0.1) is 10.1 Å². The largest absolute Gasteiger partial charge is 0.494 e. The summed E-state index contributed by atoms with van der Waals surface area (Å²) in [6.07, 6.45) is 3.26. The molecule has 1 aromatic carbocycles. The highest BCUT2D eigenvalue weighted by Gasteiger charge is 2.12. The van der Waals surface area contributed by atoms with Gasteiger partial charge in [0, 0.05) is 18.8 Å². The van der Waals surface area contributed by atoms with Crippen LogP contribution in [0.3, 0.4) is 0 Å². The number of nitrogens with one attached hydrogen (secondary N) is 2. The SMILES string of the molecule is COc1cc([N+](=O)[O-])ccc1NC(=S)NCCn1cc(Cl)cn1. The van der Waals surface area contributed by atoms with Gasteiger partial charge >= 0.3 is 0 Å². The number of halogens is 1. The van der Waals surface area contributed by atoms with Crippen molar-refractivity contribution in [3.05, 3.63) is 45.7 Å². The number of thiocarbonyl (C=S) groups is 1. The Kier molecular flexibility index (Phi) is 5.72. The highest BCUT2D eigenvalue weighted by Crippen LogP contribution is 2.28. The van der Waals surface area contributed by atoms with Crippen molar-refractivity contribution in [1.29, 1.82) is 0 Å². The topological polar surface area (TPSA) is 94.3 Å². The zero-order chi connectivity index (χ0) is 16.8. The van der Waals surface area contributed by atoms with Crippen molar-refractivity contribution >= 4 is 40.3 Å². The highest BCUT2D eigenvalue weighted by atomic mass is 35.5. The van der Waals surface area contributed by atoms with Crippen molar-refractivity contribution in [3.8, 4) is 5.75 Å². The molecule has 0 saturated heterocycles. The first-order chi connectivity index (χ1) is 11.0. The molecule has 2 N–H and O–H groups in total. The molecule has 23 heavy (non-hydrogen) atoms. The molecule has 0 aliphatic heterocycles. The Labute approximate surface area is 142 Å². The second-order valence-electron chi connectivity index (χ2n) is 4.44. The van der Waals surface area contributed by atoms with E-state index in [0.29, 0.717) is 34.7 Å². The number of anilines is 1. The van der Waals surface area contributed by atoms with E-state index in [1.807, 2.05) is 0 Å². The molecule has 10 heteroatoms. The number of benzene rings is 1. The lowest BCUT2D eigenvalue weighted by atomic mass is 10.2. The lowest BCUT2D eigenvalue weighted by Gasteiger charge is -2.13. The van der Waals surface area contributed by atoms with Crippen LogP contribution < -0.4 is 15.4 Å². The lowest BCUT2D eigenvalue weighted by Crippen LogP contribution is -2.31. The van der Waals surface area contributed by atoms with Crippen LogP contribution in [0.1, 0.15) is 0 Å². The number of nitro benzene ring substituents is 1. The molecule has 0 aliphatic carbocycles. The Morgan fingerprint density at radius 3 is 2.96 bits per heavy atom. The van der Waals surface area contributed by atoms with Crippen molar-refractivity contribution < 1.29 is 9.66 Å². The molecule has 2 aromatic rings. The van der Waals surface area contributed by atoms with E-state index in [1.165, 1.54) is 25.3 Å². The average Bonchev–Trinajstić information content (AvgIpc) is 2.93. The number of hydrogen-bond acceptors (Lipinski definition) is 5. The summed E-state index contributed by atoms with van der Waals surface area (Å²) in [5, 5.41) is 21.7. The Morgan fingerprint density at radius 2 is 2.35 bits per heavy atom. The van der Waals surface area contributed by atoms with E-state index in [9.17, 15) is 10.1 Å². The Balaban J connectivity index is 1.90. The summed E-state index contributed by atoms with van der Waals surface area (Å²) in [5.74, 6) is 0.335. The molecule has 122 valence electrons. The fourth-order valence-electron chi connectivity index (χ4n) is 1.81. The van der Waals surface area contributed by atoms with Crippen LogP contribution in [0.15, 0.2) is 30.6 Å². The molecule has 0 aliphatic rings. The fraction of sp³-hybridized carbons (Fsp3) is 0.231. The zero-order valence-electron chi connectivity index (χ0n) is 12.2. The quantitative estimate of drug-likeness (QED) is 0.467. The Bertz CT molecular complexity index is 721. The molecular formula is C13H14ClN5O3S. The van der Waals surface area contributed by atoms with Gasteiger partial charge in [0.1, 0.15) is 5.75 Å². The molecule has 0 unspecified atom stereocenters. The van der Waals surface area contributed by atoms with E-state index < -0.39 is 4.92 Å². The molecule has 0 bridgehead atoms. The minimum absolute atomic E-state index is 0.0539. The van der Waals surface area contributed by atoms with Gasteiger partial charge in [-0.15, -0.1) is 0 Å². The highest BCUT2D eigenvalue weighted by molar-refractivity contribution is 7.80. The molecule has 0 radical (unpaired) electrons. The molecule has 0 fully saturated rings. The van der Waals surface area contributed by atoms with Crippen LogP contribution in [0.25, 0.3) is 0 Å². The van der Waals surface area contributed by atoms with Gasteiger partial charge < -0.3 is 15.4 Å². The summed E-state index contributed by atoms with van der Waals surface area (Å²) < 4.78 is 6.82. The Morgan fingerprint density at radius 1 is 1.57 bits per heavy atom.